The van der Waals surface area contributed by atoms with Crippen LogP contribution in [0, 0.1) is 6.92 Å². The molecule has 0 saturated carbocycles. The number of hydrogen-bond acceptors (Lipinski definition) is 3. The van der Waals surface area contributed by atoms with E-state index in [9.17, 15) is 0 Å². The van der Waals surface area contributed by atoms with E-state index in [2.05, 4.69) is 91.5 Å². The first-order valence-electron chi connectivity index (χ1n) is 11.7. The monoisotopic (exact) mass is 451 g/mol. The second-order valence-corrected chi connectivity index (χ2v) is 9.72. The molecule has 0 radical (unpaired) electrons. The summed E-state index contributed by atoms with van der Waals surface area (Å²) in [6.45, 7) is 5.49. The molecule has 1 aliphatic heterocycles. The van der Waals surface area contributed by atoms with Gasteiger partial charge in [-0.3, -0.25) is 0 Å². The SMILES string of the molecule is Cc1ccc(C(=Nc2sc(-c3ccccc3)nc2-c2ccccc2)N2CCCC[C@H]2C)cc1. The number of nitrogens with zero attached hydrogens (tertiary/aromatic N) is 3. The average Bonchev–Trinajstić information content (AvgIpc) is 3.29. The van der Waals surface area contributed by atoms with Gasteiger partial charge < -0.3 is 4.90 Å². The van der Waals surface area contributed by atoms with Crippen LogP contribution >= 0.6 is 11.3 Å². The van der Waals surface area contributed by atoms with Gasteiger partial charge in [0, 0.05) is 29.3 Å². The van der Waals surface area contributed by atoms with Gasteiger partial charge in [-0.25, -0.2) is 9.98 Å². The topological polar surface area (TPSA) is 28.5 Å². The van der Waals surface area contributed by atoms with Crippen molar-refractivity contribution in [3.05, 3.63) is 96.1 Å². The third-order valence-corrected chi connectivity index (χ3v) is 7.27. The first-order valence-corrected chi connectivity index (χ1v) is 12.5. The van der Waals surface area contributed by atoms with Crippen LogP contribution in [-0.2, 0) is 0 Å². The molecule has 4 aromatic rings. The van der Waals surface area contributed by atoms with Gasteiger partial charge in [0.25, 0.3) is 0 Å². The quantitative estimate of drug-likeness (QED) is 0.234. The van der Waals surface area contributed by atoms with Crippen LogP contribution in [0.2, 0.25) is 0 Å². The molecule has 1 fully saturated rings. The standard InChI is InChI=1S/C29H29N3S/c1-21-16-18-24(19-17-21)27(32-20-10-9-11-22(32)2)31-29-26(23-12-5-3-6-13-23)30-28(33-29)25-14-7-4-8-15-25/h3-8,12-19,22H,9-11,20H2,1-2H3/t22-/m1/s1. The molecule has 2 heterocycles. The molecule has 0 spiro atoms. The summed E-state index contributed by atoms with van der Waals surface area (Å²) in [6.07, 6.45) is 3.69. The minimum Gasteiger partial charge on any atom is -0.353 e. The summed E-state index contributed by atoms with van der Waals surface area (Å²) < 4.78 is 0. The van der Waals surface area contributed by atoms with Crippen LogP contribution in [0.5, 0.6) is 0 Å². The molecule has 3 nitrogen and oxygen atoms in total. The Hall–Kier alpha value is -3.24. The summed E-state index contributed by atoms with van der Waals surface area (Å²) in [7, 11) is 0. The summed E-state index contributed by atoms with van der Waals surface area (Å²) >= 11 is 1.67. The lowest BCUT2D eigenvalue weighted by atomic mass is 10.0. The molecule has 1 aromatic heterocycles. The number of rotatable bonds is 4. The van der Waals surface area contributed by atoms with E-state index in [4.69, 9.17) is 9.98 Å². The first kappa shape index (κ1) is 21.6. The van der Waals surface area contributed by atoms with Crippen LogP contribution in [-0.4, -0.2) is 28.3 Å². The summed E-state index contributed by atoms with van der Waals surface area (Å²) in [5, 5.41) is 1.97. The molecule has 0 N–H and O–H groups in total. The third kappa shape index (κ3) is 4.76. The first-order chi connectivity index (χ1) is 16.2. The molecule has 0 unspecified atom stereocenters. The lowest BCUT2D eigenvalue weighted by molar-refractivity contribution is 0.259. The summed E-state index contributed by atoms with van der Waals surface area (Å²) in [6, 6.07) is 30.1. The van der Waals surface area contributed by atoms with E-state index < -0.39 is 0 Å². The summed E-state index contributed by atoms with van der Waals surface area (Å²) in [4.78, 5) is 12.9. The lowest BCUT2D eigenvalue weighted by Gasteiger charge is -2.36. The van der Waals surface area contributed by atoms with E-state index in [-0.39, 0.29) is 0 Å². The van der Waals surface area contributed by atoms with Crippen LogP contribution in [0.3, 0.4) is 0 Å². The van der Waals surface area contributed by atoms with Gasteiger partial charge in [0.15, 0.2) is 0 Å². The molecule has 33 heavy (non-hydrogen) atoms. The maximum atomic E-state index is 5.35. The number of benzene rings is 3. The molecule has 0 bridgehead atoms. The molecular weight excluding hydrogens is 422 g/mol. The van der Waals surface area contributed by atoms with Gasteiger partial charge in [0.2, 0.25) is 0 Å². The zero-order valence-corrected chi connectivity index (χ0v) is 20.1. The summed E-state index contributed by atoms with van der Waals surface area (Å²) in [5.41, 5.74) is 5.62. The molecular formula is C29H29N3S. The minimum absolute atomic E-state index is 0.473. The molecule has 166 valence electrons. The van der Waals surface area contributed by atoms with E-state index in [1.54, 1.807) is 11.3 Å². The van der Waals surface area contributed by atoms with E-state index >= 15 is 0 Å². The van der Waals surface area contributed by atoms with Gasteiger partial charge in [-0.1, -0.05) is 102 Å². The Kier molecular flexibility index (Phi) is 6.36. The Morgan fingerprint density at radius 2 is 1.55 bits per heavy atom. The van der Waals surface area contributed by atoms with Crippen molar-refractivity contribution in [1.29, 1.82) is 0 Å². The van der Waals surface area contributed by atoms with Crippen molar-refractivity contribution in [2.45, 2.75) is 39.2 Å². The van der Waals surface area contributed by atoms with Crippen molar-refractivity contribution >= 4 is 22.2 Å². The van der Waals surface area contributed by atoms with Crippen molar-refractivity contribution in [3.8, 4) is 21.8 Å². The van der Waals surface area contributed by atoms with Crippen molar-refractivity contribution < 1.29 is 0 Å². The second kappa shape index (κ2) is 9.72. The molecule has 0 aliphatic carbocycles. The van der Waals surface area contributed by atoms with Crippen LogP contribution < -0.4 is 0 Å². The van der Waals surface area contributed by atoms with E-state index in [0.717, 1.165) is 39.2 Å². The van der Waals surface area contributed by atoms with Crippen LogP contribution in [0.1, 0.15) is 37.3 Å². The number of hydrogen-bond donors (Lipinski definition) is 0. The highest BCUT2D eigenvalue weighted by molar-refractivity contribution is 7.19. The maximum absolute atomic E-state index is 5.35. The van der Waals surface area contributed by atoms with Gasteiger partial charge in [-0.05, 0) is 33.1 Å². The Balaban J connectivity index is 1.67. The van der Waals surface area contributed by atoms with Gasteiger partial charge in [0.05, 0.1) is 0 Å². The van der Waals surface area contributed by atoms with E-state index in [0.29, 0.717) is 6.04 Å². The Bertz CT molecular complexity index is 1230. The van der Waals surface area contributed by atoms with Gasteiger partial charge in [-0.2, -0.15) is 0 Å². The smallest absolute Gasteiger partial charge is 0.146 e. The average molecular weight is 452 g/mol. The molecule has 1 saturated heterocycles. The highest BCUT2D eigenvalue weighted by Gasteiger charge is 2.24. The van der Waals surface area contributed by atoms with Crippen LogP contribution in [0.15, 0.2) is 89.9 Å². The molecule has 0 amide bonds. The lowest BCUT2D eigenvalue weighted by Crippen LogP contribution is -2.42. The van der Waals surface area contributed by atoms with Crippen LogP contribution in [0.4, 0.5) is 5.00 Å². The van der Waals surface area contributed by atoms with Gasteiger partial charge >= 0.3 is 0 Å². The normalized spacial score (nSPS) is 16.7. The van der Waals surface area contributed by atoms with Crippen LogP contribution in [0.25, 0.3) is 21.8 Å². The van der Waals surface area contributed by atoms with E-state index in [1.807, 2.05) is 12.1 Å². The van der Waals surface area contributed by atoms with Crippen molar-refractivity contribution in [1.82, 2.24) is 9.88 Å². The maximum Gasteiger partial charge on any atom is 0.146 e. The Labute approximate surface area is 200 Å². The fraction of sp³-hybridized carbons (Fsp3) is 0.241. The fourth-order valence-corrected chi connectivity index (χ4v) is 5.35. The van der Waals surface area contributed by atoms with Gasteiger partial charge in [-0.15, -0.1) is 0 Å². The Morgan fingerprint density at radius 1 is 0.879 bits per heavy atom. The zero-order chi connectivity index (χ0) is 22.6. The minimum atomic E-state index is 0.473. The number of amidine groups is 1. The fourth-order valence-electron chi connectivity index (χ4n) is 4.38. The molecule has 3 aromatic carbocycles. The van der Waals surface area contributed by atoms with E-state index in [1.165, 1.54) is 30.4 Å². The number of aromatic nitrogens is 1. The predicted molar refractivity (Wildman–Crippen MR) is 140 cm³/mol. The molecule has 5 rings (SSSR count). The molecule has 1 aliphatic rings. The Morgan fingerprint density at radius 3 is 2.21 bits per heavy atom. The summed E-state index contributed by atoms with van der Waals surface area (Å²) in [5.74, 6) is 1.06. The third-order valence-electron chi connectivity index (χ3n) is 6.27. The molecule has 1 atom stereocenters. The number of likely N-dealkylation sites (tertiary alicyclic amines) is 1. The predicted octanol–water partition coefficient (Wildman–Crippen LogP) is 7.74. The number of aliphatic imine (C=N–C) groups is 1. The van der Waals surface area contributed by atoms with Gasteiger partial charge in [0.1, 0.15) is 21.5 Å². The van der Waals surface area contributed by atoms with Crippen molar-refractivity contribution in [2.24, 2.45) is 4.99 Å². The second-order valence-electron chi connectivity index (χ2n) is 8.74. The highest BCUT2D eigenvalue weighted by Crippen LogP contribution is 2.40. The van der Waals surface area contributed by atoms with Crippen molar-refractivity contribution in [3.63, 3.8) is 0 Å². The van der Waals surface area contributed by atoms with Crippen molar-refractivity contribution in [2.75, 3.05) is 6.54 Å². The number of aryl methyl sites for hydroxylation is 1. The molecule has 4 heteroatoms. The number of thiazole rings is 1. The highest BCUT2D eigenvalue weighted by atomic mass is 32.1. The largest absolute Gasteiger partial charge is 0.353 e. The zero-order valence-electron chi connectivity index (χ0n) is 19.2. The number of piperidine rings is 1.